The van der Waals surface area contributed by atoms with Crippen molar-refractivity contribution in [2.45, 2.75) is 38.8 Å². The smallest absolute Gasteiger partial charge is 0.213 e. The van der Waals surface area contributed by atoms with Gasteiger partial charge in [-0.15, -0.1) is 0 Å². The van der Waals surface area contributed by atoms with Crippen LogP contribution in [-0.4, -0.2) is 51.8 Å². The van der Waals surface area contributed by atoms with Crippen LogP contribution in [0.4, 0.5) is 0 Å². The van der Waals surface area contributed by atoms with E-state index in [1.807, 2.05) is 19.0 Å². The number of carbonyl (C=O) groups excluding carboxylic acids is 1. The molecule has 0 aromatic carbocycles. The molecule has 6 heteroatoms. The van der Waals surface area contributed by atoms with E-state index in [1.54, 1.807) is 18.5 Å². The van der Waals surface area contributed by atoms with Crippen LogP contribution in [0.3, 0.4) is 0 Å². The van der Waals surface area contributed by atoms with Crippen molar-refractivity contribution < 1.29 is 9.90 Å². The van der Waals surface area contributed by atoms with Gasteiger partial charge in [-0.25, -0.2) is 0 Å². The van der Waals surface area contributed by atoms with E-state index in [2.05, 4.69) is 5.10 Å². The van der Waals surface area contributed by atoms with Crippen molar-refractivity contribution in [2.75, 3.05) is 20.6 Å². The lowest BCUT2D eigenvalue weighted by molar-refractivity contribution is 0.0266. The third kappa shape index (κ3) is 3.55. The highest BCUT2D eigenvalue weighted by atomic mass is 35.5. The van der Waals surface area contributed by atoms with E-state index >= 15 is 0 Å². The molecule has 0 amide bonds. The van der Waals surface area contributed by atoms with E-state index in [0.29, 0.717) is 30.1 Å². The first-order valence-corrected chi connectivity index (χ1v) is 6.86. The van der Waals surface area contributed by atoms with Crippen molar-refractivity contribution in [1.29, 1.82) is 0 Å². The monoisotopic (exact) mass is 287 g/mol. The van der Waals surface area contributed by atoms with Gasteiger partial charge in [-0.3, -0.25) is 9.48 Å². The van der Waals surface area contributed by atoms with E-state index < -0.39 is 5.60 Å². The molecule has 1 aromatic heterocycles. The van der Waals surface area contributed by atoms with Crippen LogP contribution in [0.2, 0.25) is 5.02 Å². The van der Waals surface area contributed by atoms with Crippen molar-refractivity contribution in [3.8, 4) is 0 Å². The van der Waals surface area contributed by atoms with Crippen LogP contribution in [-0.2, 0) is 6.54 Å². The van der Waals surface area contributed by atoms with Gasteiger partial charge in [0.15, 0.2) is 0 Å². The van der Waals surface area contributed by atoms with Crippen LogP contribution in [0.1, 0.15) is 37.2 Å². The minimum absolute atomic E-state index is 0.295. The summed E-state index contributed by atoms with van der Waals surface area (Å²) in [6.45, 7) is 4.88. The van der Waals surface area contributed by atoms with Gasteiger partial charge in [0.05, 0.1) is 17.8 Å². The van der Waals surface area contributed by atoms with Gasteiger partial charge in [-0.1, -0.05) is 25.4 Å². The molecular weight excluding hydrogens is 266 g/mol. The van der Waals surface area contributed by atoms with E-state index in [-0.39, 0.29) is 5.78 Å². The Morgan fingerprint density at radius 3 is 2.53 bits per heavy atom. The third-order valence-corrected chi connectivity index (χ3v) is 3.64. The van der Waals surface area contributed by atoms with Gasteiger partial charge in [0.2, 0.25) is 5.78 Å². The molecule has 0 spiro atoms. The van der Waals surface area contributed by atoms with E-state index in [9.17, 15) is 9.90 Å². The SMILES string of the molecule is CCC(O)(CC)C(=O)c1c(Cl)cnn1CCN(C)C. The molecule has 0 fully saturated rings. The molecule has 1 N–H and O–H groups in total. The van der Waals surface area contributed by atoms with Crippen LogP contribution >= 0.6 is 11.6 Å². The van der Waals surface area contributed by atoms with Crippen molar-refractivity contribution >= 4 is 17.4 Å². The second-order valence-corrected chi connectivity index (χ2v) is 5.34. The second kappa shape index (κ2) is 6.50. The first-order chi connectivity index (χ1) is 8.85. The summed E-state index contributed by atoms with van der Waals surface area (Å²) in [7, 11) is 3.89. The van der Waals surface area contributed by atoms with Crippen LogP contribution in [0, 0.1) is 0 Å². The highest BCUT2D eigenvalue weighted by Gasteiger charge is 2.36. The summed E-state index contributed by atoms with van der Waals surface area (Å²) >= 11 is 6.05. The molecule has 0 radical (unpaired) electrons. The summed E-state index contributed by atoms with van der Waals surface area (Å²) in [4.78, 5) is 14.5. The van der Waals surface area contributed by atoms with E-state index in [1.165, 1.54) is 6.20 Å². The van der Waals surface area contributed by atoms with E-state index in [4.69, 9.17) is 11.6 Å². The normalized spacial score (nSPS) is 12.2. The number of hydrogen-bond acceptors (Lipinski definition) is 4. The number of hydrogen-bond donors (Lipinski definition) is 1. The average Bonchev–Trinajstić information content (AvgIpc) is 2.75. The fourth-order valence-corrected chi connectivity index (χ4v) is 2.07. The molecule has 0 saturated heterocycles. The summed E-state index contributed by atoms with van der Waals surface area (Å²) in [6.07, 6.45) is 2.17. The Morgan fingerprint density at radius 1 is 1.47 bits per heavy atom. The summed E-state index contributed by atoms with van der Waals surface area (Å²) in [5.74, 6) is -0.348. The lowest BCUT2D eigenvalue weighted by Crippen LogP contribution is -2.39. The quantitative estimate of drug-likeness (QED) is 0.778. The van der Waals surface area contributed by atoms with Gasteiger partial charge >= 0.3 is 0 Å². The maximum absolute atomic E-state index is 12.5. The minimum Gasteiger partial charge on any atom is -0.382 e. The molecule has 1 heterocycles. The Kier molecular flexibility index (Phi) is 5.52. The Labute approximate surface area is 119 Å². The van der Waals surface area contributed by atoms with Crippen molar-refractivity contribution in [1.82, 2.24) is 14.7 Å². The molecule has 1 aromatic rings. The Morgan fingerprint density at radius 2 is 2.05 bits per heavy atom. The highest BCUT2D eigenvalue weighted by molar-refractivity contribution is 6.34. The maximum atomic E-state index is 12.5. The predicted octanol–water partition coefficient (Wildman–Crippen LogP) is 1.83. The van der Waals surface area contributed by atoms with Gasteiger partial charge in [-0.2, -0.15) is 5.10 Å². The Balaban J connectivity index is 3.05. The van der Waals surface area contributed by atoms with Crippen molar-refractivity contribution in [3.05, 3.63) is 16.9 Å². The van der Waals surface area contributed by atoms with Crippen LogP contribution in [0.25, 0.3) is 0 Å². The summed E-state index contributed by atoms with van der Waals surface area (Å²) < 4.78 is 1.57. The zero-order chi connectivity index (χ0) is 14.6. The Hall–Kier alpha value is -0.910. The van der Waals surface area contributed by atoms with Gasteiger partial charge < -0.3 is 10.0 Å². The number of carbonyl (C=O) groups is 1. The van der Waals surface area contributed by atoms with Gasteiger partial charge in [0.25, 0.3) is 0 Å². The summed E-state index contributed by atoms with van der Waals surface area (Å²) in [5.41, 5.74) is -1.06. The molecular formula is C13H22ClN3O2. The van der Waals surface area contributed by atoms with Crippen molar-refractivity contribution in [2.24, 2.45) is 0 Å². The molecule has 0 aliphatic rings. The topological polar surface area (TPSA) is 58.4 Å². The molecule has 108 valence electrons. The molecule has 0 bridgehead atoms. The Bertz CT molecular complexity index is 439. The van der Waals surface area contributed by atoms with Crippen LogP contribution in [0.15, 0.2) is 6.20 Å². The predicted molar refractivity (Wildman–Crippen MR) is 75.7 cm³/mol. The van der Waals surface area contributed by atoms with Gasteiger partial charge in [0.1, 0.15) is 11.3 Å². The lowest BCUT2D eigenvalue weighted by atomic mass is 9.90. The standard InChI is InChI=1S/C13H22ClN3O2/c1-5-13(19,6-2)12(18)11-10(14)9-15-17(11)8-7-16(3)4/h9,19H,5-8H2,1-4H3. The molecule has 0 saturated carbocycles. The summed E-state index contributed by atoms with van der Waals surface area (Å²) in [6, 6.07) is 0. The number of Topliss-reactive ketones (excluding diaryl/α,β-unsaturated/α-hetero) is 1. The summed E-state index contributed by atoms with van der Waals surface area (Å²) in [5, 5.41) is 14.7. The number of aromatic nitrogens is 2. The van der Waals surface area contributed by atoms with Crippen LogP contribution < -0.4 is 0 Å². The maximum Gasteiger partial charge on any atom is 0.213 e. The zero-order valence-electron chi connectivity index (χ0n) is 12.0. The number of aliphatic hydroxyl groups is 1. The number of ketones is 1. The number of rotatable bonds is 7. The van der Waals surface area contributed by atoms with Gasteiger partial charge in [0, 0.05) is 6.54 Å². The third-order valence-electron chi connectivity index (χ3n) is 3.36. The first-order valence-electron chi connectivity index (χ1n) is 6.49. The van der Waals surface area contributed by atoms with Crippen molar-refractivity contribution in [3.63, 3.8) is 0 Å². The van der Waals surface area contributed by atoms with Crippen LogP contribution in [0.5, 0.6) is 0 Å². The molecule has 19 heavy (non-hydrogen) atoms. The second-order valence-electron chi connectivity index (χ2n) is 4.94. The molecule has 0 unspecified atom stereocenters. The fraction of sp³-hybridized carbons (Fsp3) is 0.692. The first kappa shape index (κ1) is 16.1. The largest absolute Gasteiger partial charge is 0.382 e. The number of halogens is 1. The molecule has 1 rings (SSSR count). The average molecular weight is 288 g/mol. The zero-order valence-corrected chi connectivity index (χ0v) is 12.7. The lowest BCUT2D eigenvalue weighted by Gasteiger charge is -2.24. The molecule has 0 aliphatic heterocycles. The number of nitrogens with zero attached hydrogens (tertiary/aromatic N) is 3. The fourth-order valence-electron chi connectivity index (χ4n) is 1.84. The molecule has 5 nitrogen and oxygen atoms in total. The molecule has 0 atom stereocenters. The molecule has 0 aliphatic carbocycles. The highest BCUT2D eigenvalue weighted by Crippen LogP contribution is 2.25. The minimum atomic E-state index is -1.36. The van der Waals surface area contributed by atoms with E-state index in [0.717, 1.165) is 6.54 Å². The van der Waals surface area contributed by atoms with Gasteiger partial charge in [-0.05, 0) is 26.9 Å². The number of likely N-dealkylation sites (N-methyl/N-ethyl adjacent to an activating group) is 1.